The van der Waals surface area contributed by atoms with Gasteiger partial charge in [-0.25, -0.2) is 0 Å². The van der Waals surface area contributed by atoms with Crippen LogP contribution in [0.5, 0.6) is 0 Å². The van der Waals surface area contributed by atoms with Crippen LogP contribution in [-0.4, -0.2) is 5.97 Å². The summed E-state index contributed by atoms with van der Waals surface area (Å²) in [5.41, 5.74) is 0. The smallest absolute Gasteiger partial charge is 0.277 e. The molecule has 0 aliphatic rings. The summed E-state index contributed by atoms with van der Waals surface area (Å²) in [6.07, 6.45) is 0. The van der Waals surface area contributed by atoms with E-state index in [4.69, 9.17) is 0 Å². The first-order chi connectivity index (χ1) is 4.09. The van der Waals surface area contributed by atoms with Crippen molar-refractivity contribution >= 4 is 5.97 Å². The van der Waals surface area contributed by atoms with Gasteiger partial charge < -0.3 is 4.74 Å². The summed E-state index contributed by atoms with van der Waals surface area (Å²) in [7, 11) is 3.04. The van der Waals surface area contributed by atoms with Crippen molar-refractivity contribution in [1.29, 1.82) is 0 Å². The van der Waals surface area contributed by atoms with Crippen molar-refractivity contribution in [2.45, 2.75) is 20.8 Å². The van der Waals surface area contributed by atoms with E-state index in [2.05, 4.69) is 11.8 Å². The van der Waals surface area contributed by atoms with E-state index >= 15 is 0 Å². The summed E-state index contributed by atoms with van der Waals surface area (Å²) >= 11 is 0. The first-order valence-corrected chi connectivity index (χ1v) is 3.05. The van der Waals surface area contributed by atoms with E-state index in [-0.39, 0.29) is 11.9 Å². The van der Waals surface area contributed by atoms with Gasteiger partial charge >= 0.3 is 0 Å². The third kappa shape index (κ3) is 2.70. The zero-order valence-corrected chi connectivity index (χ0v) is 13.3. The van der Waals surface area contributed by atoms with Crippen molar-refractivity contribution in [3.63, 3.8) is 0 Å². The second-order valence-electron chi connectivity index (χ2n) is 2.50. The van der Waals surface area contributed by atoms with Gasteiger partial charge in [-0.15, -0.1) is 0 Å². The van der Waals surface area contributed by atoms with Crippen molar-refractivity contribution in [3.8, 4) is 0 Å². The minimum absolute atomic E-state index is 0. The first kappa shape index (κ1) is 11.3. The van der Waals surface area contributed by atoms with E-state index in [0.29, 0.717) is 5.92 Å². The Morgan fingerprint density at radius 3 is 1.90 bits per heavy atom. The zero-order valence-electron chi connectivity index (χ0n) is 6.89. The van der Waals surface area contributed by atoms with Gasteiger partial charge in [-0.3, -0.25) is 4.79 Å². The fourth-order valence-corrected chi connectivity index (χ4v) is 0.404. The normalized spacial score (nSPS) is 12.1. The van der Waals surface area contributed by atoms with Gasteiger partial charge in [0.25, 0.3) is 5.97 Å². The van der Waals surface area contributed by atoms with Gasteiger partial charge in [0.15, 0.2) is 0 Å². The molecule has 0 saturated carbocycles. The van der Waals surface area contributed by atoms with Crippen LogP contribution in [-0.2, 0) is 9.53 Å². The molecule has 0 rings (SSSR count). The molecular formula is C7H13O2Rf-. The monoisotopic (exact) mass is 396 g/mol. The molecule has 0 saturated heterocycles. The van der Waals surface area contributed by atoms with Crippen molar-refractivity contribution in [2.24, 2.45) is 11.8 Å². The minimum Gasteiger partial charge on any atom is -0.640 e. The summed E-state index contributed by atoms with van der Waals surface area (Å²) in [6.45, 7) is 5.78. The molecule has 0 aromatic carbocycles. The average Bonchev–Trinajstić information content (AvgIpc) is 1.84. The largest absolute Gasteiger partial charge is 0.640 e. The summed E-state index contributed by atoms with van der Waals surface area (Å²) in [5.74, 6) is 0.0618. The molecule has 0 heterocycles. The van der Waals surface area contributed by atoms with Crippen LogP contribution in [0.1, 0.15) is 20.8 Å². The van der Waals surface area contributed by atoms with Gasteiger partial charge in [-0.1, -0.05) is 20.8 Å². The number of carbonyl (C=O) groups is 1. The maximum atomic E-state index is 10.7. The van der Waals surface area contributed by atoms with Crippen LogP contribution in [0.4, 0.5) is 0 Å². The van der Waals surface area contributed by atoms with Gasteiger partial charge in [-0.05, 0) is 5.92 Å². The number of hydrogen-bond acceptors (Lipinski definition) is 2. The van der Waals surface area contributed by atoms with Gasteiger partial charge in [-0.2, -0.15) is 7.11 Å². The molecule has 0 aliphatic heterocycles. The Bertz CT molecular complexity index is 102. The van der Waals surface area contributed by atoms with Crippen LogP contribution in [0.15, 0.2) is 0 Å². The number of carbonyl (C=O) groups excluding carboxylic acids is 1. The molecular weight excluding hydrogens is 383 g/mol. The second kappa shape index (κ2) is 4.36. The summed E-state index contributed by atoms with van der Waals surface area (Å²) in [6, 6.07) is 0. The molecule has 0 amide bonds. The molecule has 0 fully saturated rings. The van der Waals surface area contributed by atoms with E-state index < -0.39 is 0 Å². The average molecular weight is 396 g/mol. The Labute approximate surface area is 56.2 Å². The second-order valence-corrected chi connectivity index (χ2v) is 2.50. The standard InChI is InChI=1S/C7H13O2.Rf/c1-5(2)6(3)7(8)9-4;/h5-6H,4H2,1-3H3;/q-1;. The quantitative estimate of drug-likeness (QED) is 0.524. The molecule has 3 heteroatoms. The Hall–Kier alpha value is -1.53. The molecule has 0 N–H and O–H groups in total. The summed E-state index contributed by atoms with van der Waals surface area (Å²) in [5, 5.41) is 0. The van der Waals surface area contributed by atoms with Gasteiger partial charge in [0.2, 0.25) is 0 Å². The molecule has 0 aromatic heterocycles. The minimum atomic E-state index is -0.231. The van der Waals surface area contributed by atoms with E-state index in [1.807, 2.05) is 20.8 Å². The third-order valence-electron chi connectivity index (χ3n) is 1.51. The van der Waals surface area contributed by atoms with Gasteiger partial charge in [0.1, 0.15) is 0 Å². The van der Waals surface area contributed by atoms with E-state index in [0.717, 1.165) is 0 Å². The number of ether oxygens (including phenoxy) is 1. The van der Waals surface area contributed by atoms with Crippen LogP contribution in [0.2, 0.25) is 0 Å². The van der Waals surface area contributed by atoms with Crippen LogP contribution in [0, 0.1) is 18.9 Å². The fourth-order valence-electron chi connectivity index (χ4n) is 0.404. The maximum absolute atomic E-state index is 10.7. The van der Waals surface area contributed by atoms with Crippen molar-refractivity contribution in [1.82, 2.24) is 0 Å². The predicted molar refractivity (Wildman–Crippen MR) is 35.5 cm³/mol. The molecule has 1 atom stereocenters. The van der Waals surface area contributed by atoms with Crippen LogP contribution >= 0.6 is 0 Å². The molecule has 56 valence electrons. The van der Waals surface area contributed by atoms with Crippen LogP contribution in [0.3, 0.4) is 0 Å². The molecule has 0 aliphatic carbocycles. The van der Waals surface area contributed by atoms with Crippen molar-refractivity contribution in [2.75, 3.05) is 0 Å². The Morgan fingerprint density at radius 2 is 1.80 bits per heavy atom. The van der Waals surface area contributed by atoms with Crippen LogP contribution < -0.4 is 0 Å². The van der Waals surface area contributed by atoms with Crippen molar-refractivity contribution < 1.29 is 9.53 Å². The molecule has 1 unspecified atom stereocenters. The predicted octanol–water partition coefficient (Wildman–Crippen LogP) is 1.61. The van der Waals surface area contributed by atoms with Crippen LogP contribution in [0.25, 0.3) is 0 Å². The SMILES string of the molecule is [CH2-]OC(=O)C(C)C(C)C.[Rf]. The topological polar surface area (TPSA) is 26.3 Å². The van der Waals surface area contributed by atoms with E-state index in [9.17, 15) is 4.79 Å². The molecule has 10 heavy (non-hydrogen) atoms. The molecule has 0 spiro atoms. The third-order valence-corrected chi connectivity index (χ3v) is 1.51. The van der Waals surface area contributed by atoms with Gasteiger partial charge in [0, 0.05) is 0 Å². The number of esters is 1. The molecule has 0 radical (unpaired) electrons. The zero-order chi connectivity index (χ0) is 7.44. The Kier molecular flexibility index (Phi) is 4.92. The Morgan fingerprint density at radius 1 is 1.40 bits per heavy atom. The molecule has 2 nitrogen and oxygen atoms in total. The molecule has 0 bridgehead atoms. The number of hydrogen-bond donors (Lipinski definition) is 0. The van der Waals surface area contributed by atoms with Crippen molar-refractivity contribution in [3.05, 3.63) is 7.11 Å². The number of rotatable bonds is 2. The summed E-state index contributed by atoms with van der Waals surface area (Å²) in [4.78, 5) is 10.7. The molecule has 0 aromatic rings. The first-order valence-electron chi connectivity index (χ1n) is 3.05. The van der Waals surface area contributed by atoms with E-state index in [1.165, 1.54) is 0 Å². The summed E-state index contributed by atoms with van der Waals surface area (Å²) < 4.78 is 4.28. The Balaban J connectivity index is 0. The van der Waals surface area contributed by atoms with E-state index in [1.54, 1.807) is 0 Å². The maximum Gasteiger partial charge on any atom is 0.277 e. The van der Waals surface area contributed by atoms with Gasteiger partial charge in [0.05, 0.1) is 5.92 Å². The fraction of sp³-hybridized carbons (Fsp3) is 0.714.